The molecule has 0 aromatic heterocycles. The predicted molar refractivity (Wildman–Crippen MR) is 125 cm³/mol. The van der Waals surface area contributed by atoms with Gasteiger partial charge in [0.1, 0.15) is 5.60 Å². The Bertz CT molecular complexity index is 1080. The van der Waals surface area contributed by atoms with Crippen LogP contribution in [-0.2, 0) is 15.6 Å². The summed E-state index contributed by atoms with van der Waals surface area (Å²) in [6.07, 6.45) is 0. The highest BCUT2D eigenvalue weighted by atomic mass is 32.2. The highest BCUT2D eigenvalue weighted by Gasteiger charge is 2.44. The maximum Gasteiger partial charge on any atom is 0.241 e. The standard InChI is InChI=1S/C26H31NO3S/c1-18(2)25(27-31(29,30)24-20(4)16-19(3)17-21(24)5)26(28,22-12-8-6-9-13-22)23-14-10-7-11-15-23/h6-18,25,27-28H,1-5H3/t25-/m1/s1. The molecule has 0 radical (unpaired) electrons. The molecule has 3 aromatic carbocycles. The second-order valence-corrected chi connectivity index (χ2v) is 10.2. The van der Waals surface area contributed by atoms with Crippen molar-refractivity contribution in [3.05, 3.63) is 101 Å². The zero-order chi connectivity index (χ0) is 22.8. The van der Waals surface area contributed by atoms with Gasteiger partial charge in [0.2, 0.25) is 10.0 Å². The molecule has 0 aliphatic heterocycles. The maximum atomic E-state index is 13.6. The first-order valence-electron chi connectivity index (χ1n) is 10.5. The van der Waals surface area contributed by atoms with Gasteiger partial charge in [-0.3, -0.25) is 0 Å². The van der Waals surface area contributed by atoms with Crippen LogP contribution in [-0.4, -0.2) is 19.6 Å². The van der Waals surface area contributed by atoms with E-state index in [0.29, 0.717) is 22.3 Å². The average molecular weight is 438 g/mol. The second kappa shape index (κ2) is 8.95. The molecule has 164 valence electrons. The van der Waals surface area contributed by atoms with Gasteiger partial charge in [-0.1, -0.05) is 92.2 Å². The molecule has 31 heavy (non-hydrogen) atoms. The highest BCUT2D eigenvalue weighted by molar-refractivity contribution is 7.89. The van der Waals surface area contributed by atoms with Gasteiger partial charge in [-0.25, -0.2) is 13.1 Å². The van der Waals surface area contributed by atoms with Gasteiger partial charge in [0.25, 0.3) is 0 Å². The number of rotatable bonds is 7. The third-order valence-corrected chi connectivity index (χ3v) is 7.45. The van der Waals surface area contributed by atoms with Gasteiger partial charge < -0.3 is 5.11 Å². The topological polar surface area (TPSA) is 66.4 Å². The van der Waals surface area contributed by atoms with Crippen molar-refractivity contribution in [1.29, 1.82) is 0 Å². The van der Waals surface area contributed by atoms with Crippen LogP contribution in [0.3, 0.4) is 0 Å². The van der Waals surface area contributed by atoms with Crippen LogP contribution in [0.4, 0.5) is 0 Å². The zero-order valence-corrected chi connectivity index (χ0v) is 19.6. The van der Waals surface area contributed by atoms with Gasteiger partial charge in [-0.2, -0.15) is 0 Å². The molecule has 0 unspecified atom stereocenters. The average Bonchev–Trinajstić information content (AvgIpc) is 2.71. The summed E-state index contributed by atoms with van der Waals surface area (Å²) < 4.78 is 30.0. The summed E-state index contributed by atoms with van der Waals surface area (Å²) in [5.41, 5.74) is 2.13. The summed E-state index contributed by atoms with van der Waals surface area (Å²) in [5.74, 6) is -0.189. The highest BCUT2D eigenvalue weighted by Crippen LogP contribution is 2.37. The van der Waals surface area contributed by atoms with E-state index in [9.17, 15) is 13.5 Å². The van der Waals surface area contributed by atoms with Crippen molar-refractivity contribution in [3.63, 3.8) is 0 Å². The second-order valence-electron chi connectivity index (χ2n) is 8.57. The molecule has 0 aliphatic carbocycles. The van der Waals surface area contributed by atoms with Crippen molar-refractivity contribution in [1.82, 2.24) is 4.72 Å². The van der Waals surface area contributed by atoms with E-state index < -0.39 is 21.7 Å². The van der Waals surface area contributed by atoms with E-state index in [-0.39, 0.29) is 10.8 Å². The molecule has 3 rings (SSSR count). The van der Waals surface area contributed by atoms with Gasteiger partial charge in [-0.15, -0.1) is 0 Å². The van der Waals surface area contributed by atoms with E-state index in [4.69, 9.17) is 0 Å². The van der Waals surface area contributed by atoms with E-state index in [0.717, 1.165) is 5.56 Å². The van der Waals surface area contributed by atoms with Crippen LogP contribution < -0.4 is 4.72 Å². The fraction of sp³-hybridized carbons (Fsp3) is 0.308. The molecule has 1 atom stereocenters. The summed E-state index contributed by atoms with van der Waals surface area (Å²) >= 11 is 0. The van der Waals surface area contributed by atoms with Crippen molar-refractivity contribution in [3.8, 4) is 0 Å². The van der Waals surface area contributed by atoms with E-state index >= 15 is 0 Å². The van der Waals surface area contributed by atoms with Crippen LogP contribution in [0.2, 0.25) is 0 Å². The summed E-state index contributed by atoms with van der Waals surface area (Å²) in [7, 11) is -3.89. The number of aryl methyl sites for hydroxylation is 3. The molecule has 0 aliphatic rings. The minimum absolute atomic E-state index is 0.189. The van der Waals surface area contributed by atoms with Crippen LogP contribution in [0.15, 0.2) is 77.7 Å². The van der Waals surface area contributed by atoms with E-state index in [1.807, 2.05) is 93.6 Å². The van der Waals surface area contributed by atoms with E-state index in [1.165, 1.54) is 0 Å². The smallest absolute Gasteiger partial charge is 0.241 e. The van der Waals surface area contributed by atoms with Gasteiger partial charge in [0.05, 0.1) is 10.9 Å². The zero-order valence-electron chi connectivity index (χ0n) is 18.8. The Kier molecular flexibility index (Phi) is 6.70. The summed E-state index contributed by atoms with van der Waals surface area (Å²) in [5, 5.41) is 12.2. The summed E-state index contributed by atoms with van der Waals surface area (Å²) in [6, 6.07) is 21.4. The fourth-order valence-electron chi connectivity index (χ4n) is 4.43. The van der Waals surface area contributed by atoms with Gasteiger partial charge in [0, 0.05) is 0 Å². The number of aliphatic hydroxyl groups is 1. The first kappa shape index (κ1) is 23.2. The maximum absolute atomic E-state index is 13.6. The Labute approximate surface area is 186 Å². The number of nitrogens with one attached hydrogen (secondary N) is 1. The largest absolute Gasteiger partial charge is 0.379 e. The molecule has 2 N–H and O–H groups in total. The molecule has 3 aromatic rings. The Hall–Kier alpha value is -2.47. The molecular weight excluding hydrogens is 406 g/mol. The lowest BCUT2D eigenvalue weighted by atomic mass is 9.76. The minimum Gasteiger partial charge on any atom is -0.379 e. The molecule has 0 saturated carbocycles. The van der Waals surface area contributed by atoms with Gasteiger partial charge in [0.15, 0.2) is 0 Å². The Morgan fingerprint density at radius 3 is 1.61 bits per heavy atom. The van der Waals surface area contributed by atoms with Crippen LogP contribution >= 0.6 is 0 Å². The Morgan fingerprint density at radius 1 is 0.806 bits per heavy atom. The first-order chi connectivity index (χ1) is 14.6. The van der Waals surface area contributed by atoms with Crippen LogP contribution in [0.25, 0.3) is 0 Å². The fourth-order valence-corrected chi connectivity index (χ4v) is 6.29. The molecule has 0 bridgehead atoms. The van der Waals surface area contributed by atoms with Crippen LogP contribution in [0, 0.1) is 26.7 Å². The van der Waals surface area contributed by atoms with Crippen molar-refractivity contribution in [2.24, 2.45) is 5.92 Å². The Balaban J connectivity index is 2.18. The predicted octanol–water partition coefficient (Wildman–Crippen LogP) is 4.85. The van der Waals surface area contributed by atoms with Crippen molar-refractivity contribution in [2.75, 3.05) is 0 Å². The first-order valence-corrected chi connectivity index (χ1v) is 12.0. The summed E-state index contributed by atoms with van der Waals surface area (Å²) in [6.45, 7) is 9.39. The van der Waals surface area contributed by atoms with Crippen molar-refractivity contribution in [2.45, 2.75) is 51.2 Å². The molecular formula is C26H31NO3S. The molecule has 0 spiro atoms. The number of hydrogen-bond acceptors (Lipinski definition) is 3. The lowest BCUT2D eigenvalue weighted by molar-refractivity contribution is 0.0284. The number of benzene rings is 3. The van der Waals surface area contributed by atoms with Crippen molar-refractivity contribution < 1.29 is 13.5 Å². The normalized spacial score (nSPS) is 13.4. The quantitative estimate of drug-likeness (QED) is 0.555. The lowest BCUT2D eigenvalue weighted by Gasteiger charge is -2.40. The van der Waals surface area contributed by atoms with Crippen molar-refractivity contribution >= 4 is 10.0 Å². The van der Waals surface area contributed by atoms with Crippen LogP contribution in [0.5, 0.6) is 0 Å². The molecule has 4 nitrogen and oxygen atoms in total. The van der Waals surface area contributed by atoms with Crippen LogP contribution in [0.1, 0.15) is 41.7 Å². The third kappa shape index (κ3) is 4.59. The monoisotopic (exact) mass is 437 g/mol. The lowest BCUT2D eigenvalue weighted by Crippen LogP contribution is -2.54. The number of sulfonamides is 1. The number of hydrogen-bond donors (Lipinski definition) is 2. The molecule has 5 heteroatoms. The minimum atomic E-state index is -3.89. The van der Waals surface area contributed by atoms with E-state index in [1.54, 1.807) is 13.8 Å². The summed E-state index contributed by atoms with van der Waals surface area (Å²) in [4.78, 5) is 0.271. The Morgan fingerprint density at radius 2 is 1.23 bits per heavy atom. The third-order valence-electron chi connectivity index (χ3n) is 5.70. The molecule has 0 amide bonds. The van der Waals surface area contributed by atoms with Gasteiger partial charge >= 0.3 is 0 Å². The van der Waals surface area contributed by atoms with Gasteiger partial charge in [-0.05, 0) is 48.9 Å². The SMILES string of the molecule is Cc1cc(C)c(S(=O)(=O)N[C@H](C(C)C)C(O)(c2ccccc2)c2ccccc2)c(C)c1. The van der Waals surface area contributed by atoms with E-state index in [2.05, 4.69) is 4.72 Å². The molecule has 0 fully saturated rings. The molecule has 0 heterocycles. The molecule has 0 saturated heterocycles.